The van der Waals surface area contributed by atoms with E-state index in [1.54, 1.807) is 0 Å². The Morgan fingerprint density at radius 3 is 1.96 bits per heavy atom. The monoisotopic (exact) mass is 643 g/mol. The van der Waals surface area contributed by atoms with Crippen LogP contribution in [0.3, 0.4) is 0 Å². The van der Waals surface area contributed by atoms with E-state index in [0.717, 1.165) is 50.1 Å². The van der Waals surface area contributed by atoms with Crippen molar-refractivity contribution in [3.63, 3.8) is 0 Å². The van der Waals surface area contributed by atoms with Gasteiger partial charge in [-0.3, -0.25) is 0 Å². The maximum Gasteiger partial charge on any atom is 0.136 e. The third-order valence-corrected chi connectivity index (χ3v) is 10.9. The summed E-state index contributed by atoms with van der Waals surface area (Å²) in [5, 5.41) is 7.21. The van der Waals surface area contributed by atoms with Gasteiger partial charge in [-0.25, -0.2) is 0 Å². The van der Waals surface area contributed by atoms with Crippen molar-refractivity contribution in [2.75, 3.05) is 4.90 Å². The third kappa shape index (κ3) is 4.55. The van der Waals surface area contributed by atoms with Crippen LogP contribution >= 0.6 is 11.3 Å². The first kappa shape index (κ1) is 27.9. The lowest BCUT2D eigenvalue weighted by Gasteiger charge is -2.28. The Morgan fingerprint density at radius 1 is 0.429 bits per heavy atom. The van der Waals surface area contributed by atoms with Crippen molar-refractivity contribution in [2.45, 2.75) is 0 Å². The summed E-state index contributed by atoms with van der Waals surface area (Å²) in [5.41, 5.74) is 9.87. The van der Waals surface area contributed by atoms with Crippen molar-refractivity contribution >= 4 is 81.3 Å². The first-order chi connectivity index (χ1) is 24.3. The molecule has 3 heteroatoms. The van der Waals surface area contributed by atoms with Gasteiger partial charge in [-0.2, -0.15) is 0 Å². The molecule has 10 rings (SSSR count). The number of anilines is 3. The van der Waals surface area contributed by atoms with Crippen molar-refractivity contribution in [1.82, 2.24) is 0 Å². The van der Waals surface area contributed by atoms with Crippen LogP contribution in [0.15, 0.2) is 180 Å². The van der Waals surface area contributed by atoms with Gasteiger partial charge in [0.25, 0.3) is 0 Å². The van der Waals surface area contributed by atoms with Crippen LogP contribution in [-0.4, -0.2) is 0 Å². The van der Waals surface area contributed by atoms with Crippen molar-refractivity contribution in [3.8, 4) is 22.3 Å². The van der Waals surface area contributed by atoms with Gasteiger partial charge in [-0.1, -0.05) is 127 Å². The van der Waals surface area contributed by atoms with Crippen LogP contribution < -0.4 is 4.90 Å². The molecule has 0 radical (unpaired) electrons. The van der Waals surface area contributed by atoms with Gasteiger partial charge >= 0.3 is 0 Å². The normalized spacial score (nSPS) is 11.7. The molecule has 0 saturated carbocycles. The SMILES string of the molecule is c1ccc(-c2ccc(N(c3ccccc3-c3cccc4oc5cc6ccccc6cc5c34)c3cccc4c3sc3ccccc34)cc2)cc1. The van der Waals surface area contributed by atoms with Crippen molar-refractivity contribution < 1.29 is 4.42 Å². The zero-order valence-electron chi connectivity index (χ0n) is 26.5. The van der Waals surface area contributed by atoms with E-state index in [0.29, 0.717) is 0 Å². The first-order valence-electron chi connectivity index (χ1n) is 16.6. The summed E-state index contributed by atoms with van der Waals surface area (Å²) in [7, 11) is 0. The van der Waals surface area contributed by atoms with Gasteiger partial charge in [0.1, 0.15) is 11.2 Å². The number of fused-ring (bicyclic) bond motifs is 7. The van der Waals surface area contributed by atoms with Crippen molar-refractivity contribution in [2.24, 2.45) is 0 Å². The number of furan rings is 1. The molecule has 49 heavy (non-hydrogen) atoms. The molecule has 8 aromatic carbocycles. The average Bonchev–Trinajstić information content (AvgIpc) is 3.73. The number of para-hydroxylation sites is 1. The topological polar surface area (TPSA) is 16.4 Å². The zero-order valence-corrected chi connectivity index (χ0v) is 27.3. The summed E-state index contributed by atoms with van der Waals surface area (Å²) in [4.78, 5) is 2.44. The minimum atomic E-state index is 0.892. The molecule has 2 heterocycles. The molecule has 10 aromatic rings. The predicted octanol–water partition coefficient (Wildman–Crippen LogP) is 13.9. The lowest BCUT2D eigenvalue weighted by atomic mass is 9.96. The molecule has 0 fully saturated rings. The summed E-state index contributed by atoms with van der Waals surface area (Å²) in [6, 6.07) is 63.2. The van der Waals surface area contributed by atoms with E-state index < -0.39 is 0 Å². The molecule has 0 atom stereocenters. The molecule has 0 spiro atoms. The van der Waals surface area contributed by atoms with E-state index >= 15 is 0 Å². The van der Waals surface area contributed by atoms with Crippen LogP contribution in [0, 0.1) is 0 Å². The molecule has 0 aliphatic heterocycles. The van der Waals surface area contributed by atoms with E-state index in [2.05, 4.69) is 181 Å². The first-order valence-corrected chi connectivity index (χ1v) is 17.4. The van der Waals surface area contributed by atoms with Gasteiger partial charge in [0, 0.05) is 37.5 Å². The highest BCUT2D eigenvalue weighted by Crippen LogP contribution is 2.49. The number of rotatable bonds is 5. The van der Waals surface area contributed by atoms with Gasteiger partial charge in [0.05, 0.1) is 16.1 Å². The summed E-state index contributed by atoms with van der Waals surface area (Å²) in [6.45, 7) is 0. The standard InChI is InChI=1S/C46H29NOS/c1-2-12-30(13-3-1)31-24-26-34(27-25-31)47(41-21-10-19-38-36-17-7-9-23-44(36)49-46(38)41)40-20-8-6-16-35(40)37-18-11-22-42-45(37)39-28-32-14-4-5-15-33(32)29-43(39)48-42/h1-29H. The number of hydrogen-bond donors (Lipinski definition) is 0. The number of hydrogen-bond acceptors (Lipinski definition) is 3. The van der Waals surface area contributed by atoms with Gasteiger partial charge in [-0.05, 0) is 76.0 Å². The molecule has 0 N–H and O–H groups in total. The molecule has 0 aliphatic rings. The van der Waals surface area contributed by atoms with Gasteiger partial charge < -0.3 is 9.32 Å². The predicted molar refractivity (Wildman–Crippen MR) is 210 cm³/mol. The van der Waals surface area contributed by atoms with E-state index in [9.17, 15) is 0 Å². The average molecular weight is 644 g/mol. The molecule has 0 aliphatic carbocycles. The van der Waals surface area contributed by atoms with Crippen LogP contribution in [0.4, 0.5) is 17.1 Å². The minimum absolute atomic E-state index is 0.892. The van der Waals surface area contributed by atoms with Gasteiger partial charge in [-0.15, -0.1) is 11.3 Å². The Balaban J connectivity index is 1.24. The smallest absolute Gasteiger partial charge is 0.136 e. The van der Waals surface area contributed by atoms with Crippen LogP contribution in [0.5, 0.6) is 0 Å². The second-order valence-corrected chi connectivity index (χ2v) is 13.5. The van der Waals surface area contributed by atoms with Crippen LogP contribution in [0.1, 0.15) is 0 Å². The summed E-state index contributed by atoms with van der Waals surface area (Å²) < 4.78 is 9.09. The highest BCUT2D eigenvalue weighted by atomic mass is 32.1. The highest BCUT2D eigenvalue weighted by molar-refractivity contribution is 7.26. The Labute approximate surface area is 287 Å². The van der Waals surface area contributed by atoms with E-state index in [4.69, 9.17) is 4.42 Å². The Hall–Kier alpha value is -6.16. The zero-order chi connectivity index (χ0) is 32.3. The lowest BCUT2D eigenvalue weighted by Crippen LogP contribution is -2.11. The molecule has 0 amide bonds. The number of thiophene rings is 1. The minimum Gasteiger partial charge on any atom is -0.456 e. The highest BCUT2D eigenvalue weighted by Gasteiger charge is 2.23. The van der Waals surface area contributed by atoms with E-state index in [-0.39, 0.29) is 0 Å². The second kappa shape index (κ2) is 11.2. The van der Waals surface area contributed by atoms with Gasteiger partial charge in [0.2, 0.25) is 0 Å². The molecular formula is C46H29NOS. The maximum absolute atomic E-state index is 6.53. The lowest BCUT2D eigenvalue weighted by molar-refractivity contribution is 0.669. The fourth-order valence-corrected chi connectivity index (χ4v) is 8.59. The fourth-order valence-electron chi connectivity index (χ4n) is 7.38. The van der Waals surface area contributed by atoms with Crippen molar-refractivity contribution in [3.05, 3.63) is 176 Å². The van der Waals surface area contributed by atoms with Crippen LogP contribution in [-0.2, 0) is 0 Å². The summed E-state index contributed by atoms with van der Waals surface area (Å²) in [6.07, 6.45) is 0. The molecule has 0 bridgehead atoms. The van der Waals surface area contributed by atoms with E-state index in [1.165, 1.54) is 42.1 Å². The van der Waals surface area contributed by atoms with E-state index in [1.807, 2.05) is 11.3 Å². The molecule has 230 valence electrons. The molecular weight excluding hydrogens is 615 g/mol. The quantitative estimate of drug-likeness (QED) is 0.186. The number of benzene rings is 8. The fraction of sp³-hybridized carbons (Fsp3) is 0. The molecule has 0 unspecified atom stereocenters. The Kier molecular flexibility index (Phi) is 6.39. The third-order valence-electron chi connectivity index (χ3n) is 9.66. The molecule has 2 aromatic heterocycles. The summed E-state index contributed by atoms with van der Waals surface area (Å²) >= 11 is 1.86. The maximum atomic E-state index is 6.53. The second-order valence-electron chi connectivity index (χ2n) is 12.5. The Bertz CT molecular complexity index is 2830. The van der Waals surface area contributed by atoms with Crippen LogP contribution in [0.2, 0.25) is 0 Å². The van der Waals surface area contributed by atoms with Crippen LogP contribution in [0.25, 0.3) is 75.1 Å². The molecule has 2 nitrogen and oxygen atoms in total. The van der Waals surface area contributed by atoms with Crippen molar-refractivity contribution in [1.29, 1.82) is 0 Å². The molecule has 0 saturated heterocycles. The van der Waals surface area contributed by atoms with Gasteiger partial charge in [0.15, 0.2) is 0 Å². The summed E-state index contributed by atoms with van der Waals surface area (Å²) in [5.74, 6) is 0. The number of nitrogens with zero attached hydrogens (tertiary/aromatic N) is 1. The Morgan fingerprint density at radius 2 is 1.08 bits per heavy atom. The largest absolute Gasteiger partial charge is 0.456 e.